The lowest BCUT2D eigenvalue weighted by Gasteiger charge is -2.14. The molecule has 1 N–H and O–H groups in total. The van der Waals surface area contributed by atoms with Gasteiger partial charge in [-0.3, -0.25) is 9.79 Å². The highest BCUT2D eigenvalue weighted by atomic mass is 32.2. The van der Waals surface area contributed by atoms with Crippen molar-refractivity contribution < 1.29 is 4.79 Å². The van der Waals surface area contributed by atoms with Crippen LogP contribution in [0, 0.1) is 6.92 Å². The number of nitrogens with zero attached hydrogens (tertiary/aromatic N) is 4. The van der Waals surface area contributed by atoms with Crippen molar-refractivity contribution in [3.8, 4) is 0 Å². The second kappa shape index (κ2) is 7.67. The highest BCUT2D eigenvalue weighted by Crippen LogP contribution is 2.24. The summed E-state index contributed by atoms with van der Waals surface area (Å²) in [5.74, 6) is 1.28. The molecule has 2 aromatic rings. The summed E-state index contributed by atoms with van der Waals surface area (Å²) < 4.78 is 0. The Kier molecular flexibility index (Phi) is 4.93. The van der Waals surface area contributed by atoms with Gasteiger partial charge in [0.25, 0.3) is 5.91 Å². The number of nitrogens with one attached hydrogen (secondary N) is 1. The molecule has 0 aliphatic carbocycles. The molecule has 7 heteroatoms. The van der Waals surface area contributed by atoms with Gasteiger partial charge in [-0.25, -0.2) is 15.0 Å². The summed E-state index contributed by atoms with van der Waals surface area (Å²) >= 11 is 1.66. The zero-order chi connectivity index (χ0) is 18.6. The first kappa shape index (κ1) is 17.4. The predicted molar refractivity (Wildman–Crippen MR) is 113 cm³/mol. The Morgan fingerprint density at radius 2 is 1.81 bits per heavy atom. The van der Waals surface area contributed by atoms with Gasteiger partial charge in [-0.05, 0) is 36.8 Å². The third kappa shape index (κ3) is 4.03. The van der Waals surface area contributed by atoms with Crippen LogP contribution in [-0.2, 0) is 5.75 Å². The first-order valence-electron chi connectivity index (χ1n) is 8.48. The van der Waals surface area contributed by atoms with E-state index >= 15 is 0 Å². The van der Waals surface area contributed by atoms with E-state index in [0.29, 0.717) is 11.4 Å². The summed E-state index contributed by atoms with van der Waals surface area (Å²) in [6.45, 7) is 2.01. The van der Waals surface area contributed by atoms with E-state index in [-0.39, 0.29) is 11.3 Å². The van der Waals surface area contributed by atoms with Gasteiger partial charge in [0.05, 0.1) is 0 Å². The molecule has 1 atom stereocenters. The average Bonchev–Trinajstić information content (AvgIpc) is 3.18. The summed E-state index contributed by atoms with van der Waals surface area (Å²) in [7, 11) is 0. The number of fused-ring (bicyclic) bond motifs is 1. The van der Waals surface area contributed by atoms with Crippen LogP contribution in [0.2, 0.25) is 0 Å². The van der Waals surface area contributed by atoms with Crippen LogP contribution in [0.15, 0.2) is 68.5 Å². The Labute approximate surface area is 161 Å². The number of thioether (sulfide) groups is 1. The summed E-state index contributed by atoms with van der Waals surface area (Å²) in [4.78, 5) is 29.2. The Morgan fingerprint density at radius 1 is 1.04 bits per heavy atom. The van der Waals surface area contributed by atoms with Gasteiger partial charge in [-0.2, -0.15) is 0 Å². The van der Waals surface area contributed by atoms with Crippen molar-refractivity contribution in [2.75, 3.05) is 5.32 Å². The molecule has 0 spiro atoms. The lowest BCUT2D eigenvalue weighted by Crippen LogP contribution is -2.24. The zero-order valence-electron chi connectivity index (χ0n) is 14.7. The van der Waals surface area contributed by atoms with Gasteiger partial charge in [0, 0.05) is 17.0 Å². The molecule has 0 aromatic heterocycles. The van der Waals surface area contributed by atoms with E-state index in [9.17, 15) is 4.79 Å². The van der Waals surface area contributed by atoms with Crippen LogP contribution in [0.4, 0.5) is 5.69 Å². The predicted octanol–water partition coefficient (Wildman–Crippen LogP) is 3.73. The molecule has 1 unspecified atom stereocenters. The molecule has 0 saturated carbocycles. The van der Waals surface area contributed by atoms with Gasteiger partial charge < -0.3 is 5.32 Å². The molecule has 0 fully saturated rings. The number of hydrogen-bond acceptors (Lipinski definition) is 6. The molecular formula is C20H17N5OS. The highest BCUT2D eigenvalue weighted by Gasteiger charge is 2.25. The lowest BCUT2D eigenvalue weighted by molar-refractivity contribution is 0.102. The minimum Gasteiger partial charge on any atom is -0.322 e. The van der Waals surface area contributed by atoms with E-state index in [0.717, 1.165) is 28.3 Å². The van der Waals surface area contributed by atoms with Crippen molar-refractivity contribution in [3.63, 3.8) is 0 Å². The van der Waals surface area contributed by atoms with Crippen LogP contribution < -0.4 is 5.32 Å². The fraction of sp³-hybridized carbons (Fsp3) is 0.150. The van der Waals surface area contributed by atoms with Crippen LogP contribution in [0.1, 0.15) is 21.5 Å². The van der Waals surface area contributed by atoms with Crippen LogP contribution in [0.5, 0.6) is 0 Å². The molecule has 2 aliphatic heterocycles. The number of rotatable bonds is 5. The van der Waals surface area contributed by atoms with E-state index < -0.39 is 0 Å². The number of aliphatic imine (C=N–C) groups is 4. The SMILES string of the molecule is Cc1ccc(NC(=O)c2ccc(CSC3N=CN=C4N=CN=C43)cc2)cc1. The van der Waals surface area contributed by atoms with E-state index in [1.54, 1.807) is 11.8 Å². The zero-order valence-corrected chi connectivity index (χ0v) is 15.5. The Hall–Kier alpha value is -3.06. The largest absolute Gasteiger partial charge is 0.322 e. The Bertz CT molecular complexity index is 974. The first-order chi connectivity index (χ1) is 13.2. The molecule has 2 heterocycles. The second-order valence-corrected chi connectivity index (χ2v) is 7.23. The summed E-state index contributed by atoms with van der Waals surface area (Å²) in [6.07, 6.45) is 3.05. The van der Waals surface area contributed by atoms with Crippen molar-refractivity contribution in [1.29, 1.82) is 0 Å². The summed E-state index contributed by atoms with van der Waals surface area (Å²) in [6, 6.07) is 15.3. The fourth-order valence-corrected chi connectivity index (χ4v) is 3.66. The number of hydrogen-bond donors (Lipinski definition) is 1. The van der Waals surface area contributed by atoms with Crippen LogP contribution >= 0.6 is 11.8 Å². The van der Waals surface area contributed by atoms with Crippen molar-refractivity contribution in [1.82, 2.24) is 0 Å². The minimum absolute atomic E-state index is 0.0930. The maximum absolute atomic E-state index is 12.4. The summed E-state index contributed by atoms with van der Waals surface area (Å²) in [5, 5.41) is 2.81. The van der Waals surface area contributed by atoms with Crippen molar-refractivity contribution in [2.24, 2.45) is 20.0 Å². The quantitative estimate of drug-likeness (QED) is 0.864. The molecule has 27 heavy (non-hydrogen) atoms. The second-order valence-electron chi connectivity index (χ2n) is 6.16. The molecule has 6 nitrogen and oxygen atoms in total. The molecule has 2 aliphatic rings. The fourth-order valence-electron chi connectivity index (χ4n) is 2.65. The highest BCUT2D eigenvalue weighted by molar-refractivity contribution is 8.00. The number of carbonyl (C=O) groups is 1. The average molecular weight is 375 g/mol. The number of amides is 1. The molecule has 1 amide bonds. The number of benzene rings is 2. The van der Waals surface area contributed by atoms with Gasteiger partial charge in [-0.1, -0.05) is 29.8 Å². The van der Waals surface area contributed by atoms with Crippen LogP contribution in [0.25, 0.3) is 0 Å². The van der Waals surface area contributed by atoms with Crippen molar-refractivity contribution in [3.05, 3.63) is 65.2 Å². The number of amidine groups is 1. The van der Waals surface area contributed by atoms with Gasteiger partial charge in [0.2, 0.25) is 0 Å². The topological polar surface area (TPSA) is 78.5 Å². The molecule has 2 aromatic carbocycles. The smallest absolute Gasteiger partial charge is 0.255 e. The molecule has 0 radical (unpaired) electrons. The molecule has 0 bridgehead atoms. The first-order valence-corrected chi connectivity index (χ1v) is 9.52. The van der Waals surface area contributed by atoms with E-state index in [1.165, 1.54) is 12.7 Å². The molecule has 134 valence electrons. The molecular weight excluding hydrogens is 358 g/mol. The maximum Gasteiger partial charge on any atom is 0.255 e. The number of aryl methyl sites for hydroxylation is 1. The Balaban J connectivity index is 1.35. The third-order valence-corrected chi connectivity index (χ3v) is 5.32. The van der Waals surface area contributed by atoms with Gasteiger partial charge >= 0.3 is 0 Å². The standard InChI is InChI=1S/C20H17N5OS/c1-13-2-8-16(9-3-13)25-19(26)15-6-4-14(5-7-15)10-27-20-17-18(22-11-21-17)23-12-24-20/h2-9,11-12,20H,10H2,1H3,(H,25,26). The summed E-state index contributed by atoms with van der Waals surface area (Å²) in [5.41, 5.74) is 4.49. The van der Waals surface area contributed by atoms with Crippen molar-refractivity contribution >= 4 is 47.6 Å². The maximum atomic E-state index is 12.4. The van der Waals surface area contributed by atoms with Crippen molar-refractivity contribution in [2.45, 2.75) is 18.1 Å². The monoisotopic (exact) mass is 375 g/mol. The number of anilines is 1. The number of carbonyl (C=O) groups excluding carboxylic acids is 1. The van der Waals surface area contributed by atoms with Gasteiger partial charge in [0.1, 0.15) is 23.8 Å². The minimum atomic E-state index is -0.117. The van der Waals surface area contributed by atoms with Crippen LogP contribution in [-0.4, -0.2) is 35.5 Å². The molecule has 0 saturated heterocycles. The molecule has 4 rings (SSSR count). The lowest BCUT2D eigenvalue weighted by atomic mass is 10.1. The van der Waals surface area contributed by atoms with E-state index in [4.69, 9.17) is 0 Å². The third-order valence-electron chi connectivity index (χ3n) is 4.16. The van der Waals surface area contributed by atoms with Gasteiger partial charge in [0.15, 0.2) is 5.84 Å². The van der Waals surface area contributed by atoms with E-state index in [1.807, 2.05) is 55.5 Å². The Morgan fingerprint density at radius 3 is 2.59 bits per heavy atom. The van der Waals surface area contributed by atoms with Crippen LogP contribution in [0.3, 0.4) is 0 Å². The normalized spacial score (nSPS) is 17.3. The van der Waals surface area contributed by atoms with Gasteiger partial charge in [-0.15, -0.1) is 11.8 Å². The van der Waals surface area contributed by atoms with E-state index in [2.05, 4.69) is 25.3 Å².